The summed E-state index contributed by atoms with van der Waals surface area (Å²) >= 11 is 0. The molecule has 1 aromatic rings. The van der Waals surface area contributed by atoms with E-state index in [2.05, 4.69) is 29.1 Å². The second-order valence-corrected chi connectivity index (χ2v) is 5.31. The predicted octanol–water partition coefficient (Wildman–Crippen LogP) is 1.74. The first-order valence-electron chi connectivity index (χ1n) is 7.02. The standard InChI is InChI=1S/C16H20N2O2/c1-2-16(6-4-7-16)12-18-15(20)14-9-13(5-3-8-19)10-17-11-14/h9-11,19H,2,4,6-8,12H2,1H3,(H,18,20). The Balaban J connectivity index is 1.98. The molecule has 0 unspecified atom stereocenters. The Morgan fingerprint density at radius 1 is 1.50 bits per heavy atom. The number of nitrogens with one attached hydrogen (secondary N) is 1. The highest BCUT2D eigenvalue weighted by Crippen LogP contribution is 2.43. The van der Waals surface area contributed by atoms with Crippen LogP contribution >= 0.6 is 0 Å². The van der Waals surface area contributed by atoms with Crippen molar-refractivity contribution in [3.8, 4) is 11.8 Å². The SMILES string of the molecule is CCC1(CNC(=O)c2cncc(C#CCO)c2)CCC1. The highest BCUT2D eigenvalue weighted by atomic mass is 16.2. The summed E-state index contributed by atoms with van der Waals surface area (Å²) in [6, 6.07) is 1.70. The molecule has 106 valence electrons. The molecule has 0 atom stereocenters. The Labute approximate surface area is 119 Å². The lowest BCUT2D eigenvalue weighted by molar-refractivity contribution is 0.0849. The monoisotopic (exact) mass is 272 g/mol. The quantitative estimate of drug-likeness (QED) is 0.821. The zero-order chi connectivity index (χ0) is 14.4. The molecule has 1 aliphatic carbocycles. The van der Waals surface area contributed by atoms with E-state index < -0.39 is 0 Å². The molecule has 4 nitrogen and oxygen atoms in total. The summed E-state index contributed by atoms with van der Waals surface area (Å²) in [6.45, 7) is 2.71. The number of hydrogen-bond acceptors (Lipinski definition) is 3. The molecule has 4 heteroatoms. The Kier molecular flexibility index (Phi) is 4.75. The van der Waals surface area contributed by atoms with Gasteiger partial charge < -0.3 is 10.4 Å². The van der Waals surface area contributed by atoms with Crippen LogP contribution in [0.5, 0.6) is 0 Å². The van der Waals surface area contributed by atoms with Gasteiger partial charge in [-0.05, 0) is 30.7 Å². The maximum Gasteiger partial charge on any atom is 0.252 e. The van der Waals surface area contributed by atoms with E-state index >= 15 is 0 Å². The molecule has 1 aliphatic rings. The summed E-state index contributed by atoms with van der Waals surface area (Å²) in [7, 11) is 0. The van der Waals surface area contributed by atoms with Gasteiger partial charge in [0.25, 0.3) is 5.91 Å². The van der Waals surface area contributed by atoms with E-state index in [1.165, 1.54) is 19.3 Å². The minimum atomic E-state index is -0.199. The van der Waals surface area contributed by atoms with Crippen LogP contribution in [0.1, 0.15) is 48.5 Å². The van der Waals surface area contributed by atoms with Gasteiger partial charge >= 0.3 is 0 Å². The number of aliphatic hydroxyl groups is 1. The highest BCUT2D eigenvalue weighted by molar-refractivity contribution is 5.94. The van der Waals surface area contributed by atoms with Crippen molar-refractivity contribution in [1.29, 1.82) is 0 Å². The maximum absolute atomic E-state index is 12.1. The number of amides is 1. The summed E-state index contributed by atoms with van der Waals surface area (Å²) in [5, 5.41) is 11.7. The minimum absolute atomic E-state index is 0.107. The van der Waals surface area contributed by atoms with E-state index in [1.54, 1.807) is 18.5 Å². The van der Waals surface area contributed by atoms with Crippen molar-refractivity contribution in [3.05, 3.63) is 29.6 Å². The molecule has 0 aliphatic heterocycles. The molecule has 1 amide bonds. The average Bonchev–Trinajstić information content (AvgIpc) is 2.44. The number of carbonyl (C=O) groups is 1. The maximum atomic E-state index is 12.1. The fourth-order valence-corrected chi connectivity index (χ4v) is 2.48. The molecule has 20 heavy (non-hydrogen) atoms. The third-order valence-electron chi connectivity index (χ3n) is 4.10. The molecule has 1 heterocycles. The van der Waals surface area contributed by atoms with E-state index in [1.807, 2.05) is 0 Å². The second-order valence-electron chi connectivity index (χ2n) is 5.31. The van der Waals surface area contributed by atoms with Crippen LogP contribution in [0.25, 0.3) is 0 Å². The first kappa shape index (κ1) is 14.5. The van der Waals surface area contributed by atoms with Gasteiger partial charge in [0, 0.05) is 24.5 Å². The number of nitrogens with zero attached hydrogens (tertiary/aromatic N) is 1. The summed E-state index contributed by atoms with van der Waals surface area (Å²) in [4.78, 5) is 16.1. The predicted molar refractivity (Wildman–Crippen MR) is 77.1 cm³/mol. The van der Waals surface area contributed by atoms with Gasteiger partial charge in [-0.3, -0.25) is 9.78 Å². The van der Waals surface area contributed by atoms with Crippen LogP contribution in [0.4, 0.5) is 0 Å². The van der Waals surface area contributed by atoms with Gasteiger partial charge in [0.05, 0.1) is 5.56 Å². The Hall–Kier alpha value is -1.86. The normalized spacial score (nSPS) is 15.7. The molecule has 1 aromatic heterocycles. The molecular formula is C16H20N2O2. The van der Waals surface area contributed by atoms with E-state index in [0.29, 0.717) is 16.5 Å². The Bertz CT molecular complexity index is 533. The lowest BCUT2D eigenvalue weighted by atomic mass is 9.67. The van der Waals surface area contributed by atoms with Crippen molar-refractivity contribution < 1.29 is 9.90 Å². The first-order valence-corrected chi connectivity index (χ1v) is 7.02. The summed E-state index contributed by atoms with van der Waals surface area (Å²) in [5.74, 6) is 5.19. The van der Waals surface area contributed by atoms with Crippen LogP contribution in [0.15, 0.2) is 18.5 Å². The smallest absolute Gasteiger partial charge is 0.252 e. The molecule has 0 spiro atoms. The number of hydrogen-bond donors (Lipinski definition) is 2. The van der Waals surface area contributed by atoms with Gasteiger partial charge in [-0.25, -0.2) is 0 Å². The number of carbonyl (C=O) groups excluding carboxylic acids is 1. The van der Waals surface area contributed by atoms with Crippen LogP contribution in [0.3, 0.4) is 0 Å². The number of aromatic nitrogens is 1. The topological polar surface area (TPSA) is 62.2 Å². The summed E-state index contributed by atoms with van der Waals surface area (Å²) in [5.41, 5.74) is 1.46. The second kappa shape index (κ2) is 6.53. The molecule has 2 rings (SSSR count). The summed E-state index contributed by atoms with van der Waals surface area (Å²) in [6.07, 6.45) is 7.89. The Morgan fingerprint density at radius 2 is 2.30 bits per heavy atom. The van der Waals surface area contributed by atoms with Crippen molar-refractivity contribution in [1.82, 2.24) is 10.3 Å². The van der Waals surface area contributed by atoms with E-state index in [9.17, 15) is 4.79 Å². The Morgan fingerprint density at radius 3 is 2.90 bits per heavy atom. The lowest BCUT2D eigenvalue weighted by Gasteiger charge is -2.41. The fourth-order valence-electron chi connectivity index (χ4n) is 2.48. The van der Waals surface area contributed by atoms with Gasteiger partial charge in [-0.1, -0.05) is 25.2 Å². The van der Waals surface area contributed by atoms with Gasteiger partial charge in [0.15, 0.2) is 0 Å². The zero-order valence-corrected chi connectivity index (χ0v) is 11.8. The molecule has 0 saturated heterocycles. The van der Waals surface area contributed by atoms with Crippen LogP contribution in [-0.4, -0.2) is 29.1 Å². The molecule has 1 saturated carbocycles. The average molecular weight is 272 g/mol. The molecule has 1 fully saturated rings. The van der Waals surface area contributed by atoms with Gasteiger partial charge in [-0.2, -0.15) is 0 Å². The van der Waals surface area contributed by atoms with Crippen LogP contribution in [-0.2, 0) is 0 Å². The lowest BCUT2D eigenvalue weighted by Crippen LogP contribution is -2.41. The largest absolute Gasteiger partial charge is 0.384 e. The highest BCUT2D eigenvalue weighted by Gasteiger charge is 2.35. The molecule has 2 N–H and O–H groups in total. The number of aliphatic hydroxyl groups excluding tert-OH is 1. The third-order valence-corrected chi connectivity index (χ3v) is 4.10. The van der Waals surface area contributed by atoms with Gasteiger partial charge in [-0.15, -0.1) is 0 Å². The van der Waals surface area contributed by atoms with E-state index in [4.69, 9.17) is 5.11 Å². The third kappa shape index (κ3) is 3.37. The minimum Gasteiger partial charge on any atom is -0.384 e. The number of pyridine rings is 1. The molecular weight excluding hydrogens is 252 g/mol. The fraction of sp³-hybridized carbons (Fsp3) is 0.500. The van der Waals surface area contributed by atoms with Crippen LogP contribution < -0.4 is 5.32 Å². The van der Waals surface area contributed by atoms with Crippen molar-refractivity contribution in [2.24, 2.45) is 5.41 Å². The van der Waals surface area contributed by atoms with E-state index in [0.717, 1.165) is 13.0 Å². The molecule has 0 aromatic carbocycles. The van der Waals surface area contributed by atoms with Crippen molar-refractivity contribution in [2.45, 2.75) is 32.6 Å². The van der Waals surface area contributed by atoms with Crippen molar-refractivity contribution >= 4 is 5.91 Å². The van der Waals surface area contributed by atoms with Crippen LogP contribution in [0.2, 0.25) is 0 Å². The van der Waals surface area contributed by atoms with Gasteiger partial charge in [0.2, 0.25) is 0 Å². The van der Waals surface area contributed by atoms with Crippen molar-refractivity contribution in [2.75, 3.05) is 13.2 Å². The number of rotatable bonds is 4. The van der Waals surface area contributed by atoms with Crippen LogP contribution in [0, 0.1) is 17.3 Å². The van der Waals surface area contributed by atoms with E-state index in [-0.39, 0.29) is 12.5 Å². The molecule has 0 bridgehead atoms. The van der Waals surface area contributed by atoms with Gasteiger partial charge in [0.1, 0.15) is 6.61 Å². The summed E-state index contributed by atoms with van der Waals surface area (Å²) < 4.78 is 0. The van der Waals surface area contributed by atoms with Crippen molar-refractivity contribution in [3.63, 3.8) is 0 Å². The first-order chi connectivity index (χ1) is 9.69. The zero-order valence-electron chi connectivity index (χ0n) is 11.8. The molecule has 0 radical (unpaired) electrons.